The fourth-order valence-corrected chi connectivity index (χ4v) is 1.94. The maximum Gasteiger partial charge on any atom is 0.141 e. The number of nitrogens with two attached hydrogens (primary N) is 1. The van der Waals surface area contributed by atoms with Crippen LogP contribution >= 0.6 is 0 Å². The van der Waals surface area contributed by atoms with Crippen LogP contribution in [0.4, 0.5) is 5.69 Å². The van der Waals surface area contributed by atoms with Crippen molar-refractivity contribution in [1.82, 2.24) is 0 Å². The molecule has 3 nitrogen and oxygen atoms in total. The van der Waals surface area contributed by atoms with Gasteiger partial charge in [-0.3, -0.25) is 0 Å². The molecular weight excluding hydrogens is 238 g/mol. The average Bonchev–Trinajstić information content (AvgIpc) is 2.38. The molecule has 0 unspecified atom stereocenters. The molecule has 0 saturated carbocycles. The second-order valence-electron chi connectivity index (χ2n) is 4.65. The zero-order valence-electron chi connectivity index (χ0n) is 11.5. The fourth-order valence-electron chi connectivity index (χ4n) is 1.94. The van der Waals surface area contributed by atoms with E-state index < -0.39 is 0 Å². The zero-order valence-corrected chi connectivity index (χ0v) is 11.5. The Morgan fingerprint density at radius 1 is 1.00 bits per heavy atom. The molecule has 19 heavy (non-hydrogen) atoms. The van der Waals surface area contributed by atoms with Crippen LogP contribution in [0.2, 0.25) is 0 Å². The molecule has 0 atom stereocenters. The molecule has 0 spiro atoms. The number of hydrogen-bond acceptors (Lipinski definition) is 3. The first-order chi connectivity index (χ1) is 9.10. The van der Waals surface area contributed by atoms with Crippen LogP contribution in [-0.2, 0) is 0 Å². The minimum absolute atomic E-state index is 0.163. The number of ether oxygens (including phenoxy) is 2. The average molecular weight is 257 g/mol. The van der Waals surface area contributed by atoms with Crippen molar-refractivity contribution >= 4 is 5.69 Å². The molecular formula is C16H19NO2. The van der Waals surface area contributed by atoms with Gasteiger partial charge >= 0.3 is 0 Å². The summed E-state index contributed by atoms with van der Waals surface area (Å²) in [6.07, 6.45) is 0.163. The van der Waals surface area contributed by atoms with Gasteiger partial charge in [0.25, 0.3) is 0 Å². The quantitative estimate of drug-likeness (QED) is 0.849. The maximum absolute atomic E-state index is 5.93. The number of rotatable bonds is 4. The van der Waals surface area contributed by atoms with Gasteiger partial charge in [0, 0.05) is 0 Å². The molecule has 100 valence electrons. The third-order valence-electron chi connectivity index (χ3n) is 2.77. The lowest BCUT2D eigenvalue weighted by Crippen LogP contribution is -2.05. The molecule has 2 rings (SSSR count). The number of benzene rings is 2. The number of nitrogen functional groups attached to an aromatic ring is 1. The molecule has 0 bridgehead atoms. The Morgan fingerprint density at radius 2 is 1.74 bits per heavy atom. The van der Waals surface area contributed by atoms with Gasteiger partial charge in [-0.1, -0.05) is 18.2 Å². The Kier molecular flexibility index (Phi) is 3.95. The van der Waals surface area contributed by atoms with E-state index in [1.807, 2.05) is 56.3 Å². The Bertz CT molecular complexity index is 564. The van der Waals surface area contributed by atoms with Gasteiger partial charge in [-0.2, -0.15) is 0 Å². The van der Waals surface area contributed by atoms with E-state index in [1.54, 1.807) is 7.11 Å². The normalized spacial score (nSPS) is 10.5. The Labute approximate surface area is 114 Å². The summed E-state index contributed by atoms with van der Waals surface area (Å²) in [6, 6.07) is 13.8. The lowest BCUT2D eigenvalue weighted by molar-refractivity contribution is 0.242. The first-order valence-corrected chi connectivity index (χ1v) is 6.30. The smallest absolute Gasteiger partial charge is 0.141 e. The molecule has 0 aliphatic rings. The van der Waals surface area contributed by atoms with Crippen LogP contribution < -0.4 is 15.2 Å². The lowest BCUT2D eigenvalue weighted by atomic mass is 10.0. The molecule has 0 aromatic heterocycles. The van der Waals surface area contributed by atoms with Gasteiger partial charge in [0.2, 0.25) is 0 Å². The molecule has 0 heterocycles. The van der Waals surface area contributed by atoms with E-state index in [2.05, 4.69) is 0 Å². The predicted octanol–water partition coefficient (Wildman–Crippen LogP) is 3.73. The predicted molar refractivity (Wildman–Crippen MR) is 78.6 cm³/mol. The SMILES string of the molecule is COc1ccc(-c2cccc(OC(C)C)c2)cc1N. The summed E-state index contributed by atoms with van der Waals surface area (Å²) in [5, 5.41) is 0. The van der Waals surface area contributed by atoms with E-state index in [0.29, 0.717) is 11.4 Å². The van der Waals surface area contributed by atoms with Gasteiger partial charge in [0.15, 0.2) is 0 Å². The van der Waals surface area contributed by atoms with Gasteiger partial charge in [-0.05, 0) is 49.2 Å². The highest BCUT2D eigenvalue weighted by Crippen LogP contribution is 2.30. The summed E-state index contributed by atoms with van der Waals surface area (Å²) in [5.74, 6) is 1.56. The zero-order chi connectivity index (χ0) is 13.8. The lowest BCUT2D eigenvalue weighted by Gasteiger charge is -2.12. The molecule has 0 aliphatic carbocycles. The van der Waals surface area contributed by atoms with Crippen molar-refractivity contribution in [3.63, 3.8) is 0 Å². The molecule has 0 saturated heterocycles. The van der Waals surface area contributed by atoms with Crippen molar-refractivity contribution in [2.75, 3.05) is 12.8 Å². The summed E-state index contributed by atoms with van der Waals surface area (Å²) in [5.41, 5.74) is 8.69. The summed E-state index contributed by atoms with van der Waals surface area (Å²) in [6.45, 7) is 4.02. The number of hydrogen-bond donors (Lipinski definition) is 1. The van der Waals surface area contributed by atoms with Gasteiger partial charge in [0.05, 0.1) is 18.9 Å². The molecule has 2 N–H and O–H groups in total. The minimum atomic E-state index is 0.163. The van der Waals surface area contributed by atoms with Crippen LogP contribution in [0.25, 0.3) is 11.1 Å². The minimum Gasteiger partial charge on any atom is -0.495 e. The summed E-state index contributed by atoms with van der Waals surface area (Å²) in [7, 11) is 1.61. The van der Waals surface area contributed by atoms with Crippen molar-refractivity contribution in [1.29, 1.82) is 0 Å². The molecule has 0 amide bonds. The van der Waals surface area contributed by atoms with Crippen molar-refractivity contribution < 1.29 is 9.47 Å². The fraction of sp³-hybridized carbons (Fsp3) is 0.250. The van der Waals surface area contributed by atoms with Crippen molar-refractivity contribution in [3.05, 3.63) is 42.5 Å². The molecule has 0 fully saturated rings. The summed E-state index contributed by atoms with van der Waals surface area (Å²) >= 11 is 0. The van der Waals surface area contributed by atoms with Gasteiger partial charge in [-0.25, -0.2) is 0 Å². The Balaban J connectivity index is 2.33. The van der Waals surface area contributed by atoms with E-state index in [9.17, 15) is 0 Å². The van der Waals surface area contributed by atoms with Crippen LogP contribution in [-0.4, -0.2) is 13.2 Å². The van der Waals surface area contributed by atoms with E-state index in [-0.39, 0.29) is 6.10 Å². The largest absolute Gasteiger partial charge is 0.495 e. The van der Waals surface area contributed by atoms with Gasteiger partial charge < -0.3 is 15.2 Å². The molecule has 2 aromatic rings. The third-order valence-corrected chi connectivity index (χ3v) is 2.77. The van der Waals surface area contributed by atoms with Crippen molar-refractivity contribution in [2.45, 2.75) is 20.0 Å². The van der Waals surface area contributed by atoms with Gasteiger partial charge in [-0.15, -0.1) is 0 Å². The molecule has 0 radical (unpaired) electrons. The highest BCUT2D eigenvalue weighted by molar-refractivity contribution is 5.71. The van der Waals surface area contributed by atoms with E-state index in [4.69, 9.17) is 15.2 Å². The second-order valence-corrected chi connectivity index (χ2v) is 4.65. The van der Waals surface area contributed by atoms with E-state index in [0.717, 1.165) is 16.9 Å². The summed E-state index contributed by atoms with van der Waals surface area (Å²) < 4.78 is 10.9. The van der Waals surface area contributed by atoms with E-state index in [1.165, 1.54) is 0 Å². The molecule has 3 heteroatoms. The molecule has 2 aromatic carbocycles. The maximum atomic E-state index is 5.93. The topological polar surface area (TPSA) is 44.5 Å². The first kappa shape index (κ1) is 13.3. The third kappa shape index (κ3) is 3.19. The summed E-state index contributed by atoms with van der Waals surface area (Å²) in [4.78, 5) is 0. The molecule has 0 aliphatic heterocycles. The van der Waals surface area contributed by atoms with Gasteiger partial charge in [0.1, 0.15) is 11.5 Å². The van der Waals surface area contributed by atoms with Crippen LogP contribution in [0, 0.1) is 0 Å². The standard InChI is InChI=1S/C16H19NO2/c1-11(2)19-14-6-4-5-12(9-14)13-7-8-16(18-3)15(17)10-13/h4-11H,17H2,1-3H3. The van der Waals surface area contributed by atoms with Crippen LogP contribution in [0.1, 0.15) is 13.8 Å². The highest BCUT2D eigenvalue weighted by atomic mass is 16.5. The van der Waals surface area contributed by atoms with Crippen molar-refractivity contribution in [3.8, 4) is 22.6 Å². The first-order valence-electron chi connectivity index (χ1n) is 6.30. The monoisotopic (exact) mass is 257 g/mol. The van der Waals surface area contributed by atoms with Crippen molar-refractivity contribution in [2.24, 2.45) is 0 Å². The van der Waals surface area contributed by atoms with E-state index >= 15 is 0 Å². The number of methoxy groups -OCH3 is 1. The van der Waals surface area contributed by atoms with Crippen LogP contribution in [0.5, 0.6) is 11.5 Å². The van der Waals surface area contributed by atoms with Crippen LogP contribution in [0.15, 0.2) is 42.5 Å². The number of anilines is 1. The highest BCUT2D eigenvalue weighted by Gasteiger charge is 2.05. The second kappa shape index (κ2) is 5.65. The Morgan fingerprint density at radius 3 is 2.37 bits per heavy atom. The van der Waals surface area contributed by atoms with Crippen LogP contribution in [0.3, 0.4) is 0 Å². The Hall–Kier alpha value is -2.16.